The molecule has 1 N–H and O–H groups in total. The van der Waals surface area contributed by atoms with Crippen LogP contribution in [0.3, 0.4) is 0 Å². The Morgan fingerprint density at radius 2 is 1.27 bits per heavy atom. The van der Waals surface area contributed by atoms with Crippen LogP contribution in [-0.4, -0.2) is 25.0 Å². The number of nitrogens with one attached hydrogen (secondary N) is 1. The maximum atomic E-state index is 5.54. The fraction of sp³-hybridized carbons (Fsp3) is 0.0714. The summed E-state index contributed by atoms with van der Waals surface area (Å²) in [5.41, 5.74) is 9.79. The van der Waals surface area contributed by atoms with E-state index in [2.05, 4.69) is 176 Å². The molecular formula is C42H30N6. The van der Waals surface area contributed by atoms with Gasteiger partial charge in [-0.05, 0) is 36.0 Å². The van der Waals surface area contributed by atoms with Crippen LogP contribution in [0.15, 0.2) is 151 Å². The molecule has 0 radical (unpaired) electrons. The zero-order valence-electron chi connectivity index (χ0n) is 26.0. The normalized spacial score (nSPS) is 19.5. The number of rotatable bonds is 4. The molecule has 3 aliphatic heterocycles. The van der Waals surface area contributed by atoms with Crippen LogP contribution in [0.4, 0.5) is 0 Å². The van der Waals surface area contributed by atoms with Gasteiger partial charge in [-0.15, -0.1) is 5.01 Å². The minimum atomic E-state index is -0.251. The van der Waals surface area contributed by atoms with Crippen molar-refractivity contribution in [2.45, 2.75) is 19.0 Å². The van der Waals surface area contributed by atoms with Crippen molar-refractivity contribution in [3.63, 3.8) is 0 Å². The third-order valence-electron chi connectivity index (χ3n) is 10.3. The summed E-state index contributed by atoms with van der Waals surface area (Å²) in [4.78, 5) is 5.54. The van der Waals surface area contributed by atoms with Crippen LogP contribution < -0.4 is 5.32 Å². The van der Waals surface area contributed by atoms with E-state index >= 15 is 0 Å². The summed E-state index contributed by atoms with van der Waals surface area (Å²) in [6, 6.07) is 50.1. The summed E-state index contributed by atoms with van der Waals surface area (Å²) >= 11 is 0. The molecule has 0 spiro atoms. The first-order valence-electron chi connectivity index (χ1n) is 16.6. The summed E-state index contributed by atoms with van der Waals surface area (Å²) < 4.78 is 4.98. The molecule has 0 saturated carbocycles. The number of aromatic nitrogens is 2. The fourth-order valence-electron chi connectivity index (χ4n) is 8.34. The van der Waals surface area contributed by atoms with Gasteiger partial charge >= 0.3 is 0 Å². The highest BCUT2D eigenvalue weighted by Crippen LogP contribution is 2.55. The number of aliphatic imine (C=N–C) groups is 1. The highest BCUT2D eigenvalue weighted by Gasteiger charge is 2.58. The zero-order chi connectivity index (χ0) is 31.3. The third-order valence-corrected chi connectivity index (χ3v) is 10.3. The monoisotopic (exact) mass is 618 g/mol. The average molecular weight is 619 g/mol. The van der Waals surface area contributed by atoms with Crippen LogP contribution in [0.5, 0.6) is 0 Å². The van der Waals surface area contributed by atoms with E-state index in [0.29, 0.717) is 0 Å². The Morgan fingerprint density at radius 3 is 2.04 bits per heavy atom. The Bertz CT molecular complexity index is 2630. The molecule has 3 unspecified atom stereocenters. The summed E-state index contributed by atoms with van der Waals surface area (Å²) in [6.45, 7) is 0.769. The van der Waals surface area contributed by atoms with E-state index in [-0.39, 0.29) is 12.5 Å². The number of hydrazine groups is 1. The molecule has 5 heterocycles. The number of nitrogens with zero attached hydrogens (tertiary/aromatic N) is 5. The molecule has 3 atom stereocenters. The van der Waals surface area contributed by atoms with Gasteiger partial charge in [0.2, 0.25) is 6.29 Å². The van der Waals surface area contributed by atoms with Gasteiger partial charge in [0.25, 0.3) is 0 Å². The van der Waals surface area contributed by atoms with E-state index in [0.717, 1.165) is 17.9 Å². The van der Waals surface area contributed by atoms with Gasteiger partial charge in [0.05, 0.1) is 22.2 Å². The Balaban J connectivity index is 1.28. The van der Waals surface area contributed by atoms with E-state index in [4.69, 9.17) is 4.99 Å². The molecule has 1 saturated heterocycles. The molecule has 6 heteroatoms. The molecule has 8 aromatic rings. The van der Waals surface area contributed by atoms with E-state index in [9.17, 15) is 0 Å². The van der Waals surface area contributed by atoms with Crippen LogP contribution >= 0.6 is 0 Å². The fourth-order valence-corrected chi connectivity index (χ4v) is 8.34. The van der Waals surface area contributed by atoms with E-state index in [1.54, 1.807) is 0 Å². The lowest BCUT2D eigenvalue weighted by atomic mass is 9.98. The molecule has 2 aromatic heterocycles. The van der Waals surface area contributed by atoms with Crippen molar-refractivity contribution in [1.82, 2.24) is 24.5 Å². The van der Waals surface area contributed by atoms with Gasteiger partial charge in [0.1, 0.15) is 6.17 Å². The highest BCUT2D eigenvalue weighted by atomic mass is 15.9. The first-order valence-corrected chi connectivity index (χ1v) is 16.6. The predicted octanol–water partition coefficient (Wildman–Crippen LogP) is 9.11. The Kier molecular flexibility index (Phi) is 5.26. The third kappa shape index (κ3) is 3.42. The molecule has 6 aromatic carbocycles. The summed E-state index contributed by atoms with van der Waals surface area (Å²) in [5.74, 6) is 1.01. The summed E-state index contributed by atoms with van der Waals surface area (Å²) in [5, 5.41) is 14.7. The van der Waals surface area contributed by atoms with Crippen molar-refractivity contribution in [2.75, 3.05) is 0 Å². The van der Waals surface area contributed by atoms with Crippen molar-refractivity contribution < 1.29 is 0 Å². The number of fused-ring (bicyclic) bond motifs is 11. The molecule has 0 aliphatic carbocycles. The standard InChI is InChI=1S/C42H30N6/c1-4-14-27(15-5-1)40-44-42(48-41(47(40)48)28-16-6-2-7-17-28)46-34-23-13-12-22-32(34)36-37-33-26-43-25-24-35(33)45(29-18-8-3-9-19-29)38(37)30-20-10-11-21-31(30)39(36)46/h1-25,41-43H,26H2. The highest BCUT2D eigenvalue weighted by molar-refractivity contribution is 6.32. The number of amidine groups is 1. The zero-order valence-corrected chi connectivity index (χ0v) is 26.0. The molecular weight excluding hydrogens is 589 g/mol. The lowest BCUT2D eigenvalue weighted by molar-refractivity contribution is 0.269. The average Bonchev–Trinajstić information content (AvgIpc) is 3.42. The van der Waals surface area contributed by atoms with Crippen molar-refractivity contribution in [2.24, 2.45) is 4.99 Å². The van der Waals surface area contributed by atoms with Gasteiger partial charge in [-0.25, -0.2) is 4.99 Å². The van der Waals surface area contributed by atoms with Gasteiger partial charge in [-0.2, -0.15) is 0 Å². The number of benzene rings is 6. The van der Waals surface area contributed by atoms with Crippen molar-refractivity contribution in [1.29, 1.82) is 0 Å². The molecule has 6 nitrogen and oxygen atoms in total. The van der Waals surface area contributed by atoms with Crippen molar-refractivity contribution in [3.8, 4) is 5.69 Å². The lowest BCUT2D eigenvalue weighted by Crippen LogP contribution is -2.14. The van der Waals surface area contributed by atoms with Crippen molar-refractivity contribution >= 4 is 55.4 Å². The van der Waals surface area contributed by atoms with Gasteiger partial charge < -0.3 is 14.5 Å². The molecule has 0 bridgehead atoms. The minimum absolute atomic E-state index is 0.108. The maximum absolute atomic E-state index is 5.54. The van der Waals surface area contributed by atoms with Crippen LogP contribution in [0.2, 0.25) is 0 Å². The van der Waals surface area contributed by atoms with E-state index < -0.39 is 0 Å². The number of hydrogen-bond donors (Lipinski definition) is 1. The Hall–Kier alpha value is -6.11. The van der Waals surface area contributed by atoms with Crippen molar-refractivity contribution in [3.05, 3.63) is 168 Å². The topological polar surface area (TPSA) is 40.3 Å². The quantitative estimate of drug-likeness (QED) is 0.200. The van der Waals surface area contributed by atoms with Crippen LogP contribution in [0.25, 0.3) is 55.2 Å². The minimum Gasteiger partial charge on any atom is -0.387 e. The van der Waals surface area contributed by atoms with Gasteiger partial charge in [-0.1, -0.05) is 121 Å². The Morgan fingerprint density at radius 1 is 0.625 bits per heavy atom. The molecule has 0 amide bonds. The molecule has 11 rings (SSSR count). The van der Waals surface area contributed by atoms with Gasteiger partial charge in [-0.3, -0.25) is 5.01 Å². The molecule has 228 valence electrons. The van der Waals surface area contributed by atoms with Crippen LogP contribution in [-0.2, 0) is 6.54 Å². The van der Waals surface area contributed by atoms with Crippen LogP contribution in [0.1, 0.15) is 34.8 Å². The second kappa shape index (κ2) is 9.70. The van der Waals surface area contributed by atoms with Gasteiger partial charge in [0, 0.05) is 50.3 Å². The number of hydrogen-bond acceptors (Lipinski definition) is 4. The molecule has 3 aliphatic rings. The summed E-state index contributed by atoms with van der Waals surface area (Å²) in [6.07, 6.45) is 4.17. The SMILES string of the molecule is C1=Cc2c(c3c4c5ccccc5n(C5N=C(c6ccccc6)N6C(c7ccccc7)N56)c4c4ccccc4c3n2-c2ccccc2)CN1. The van der Waals surface area contributed by atoms with E-state index in [1.165, 1.54) is 66.0 Å². The molecule has 1 fully saturated rings. The smallest absolute Gasteiger partial charge is 0.204 e. The second-order valence-electron chi connectivity index (χ2n) is 12.8. The maximum Gasteiger partial charge on any atom is 0.204 e. The number of para-hydroxylation sites is 2. The van der Waals surface area contributed by atoms with Crippen LogP contribution in [0, 0.1) is 0 Å². The Labute approximate surface area is 277 Å². The molecule has 48 heavy (non-hydrogen) atoms. The first-order chi connectivity index (χ1) is 23.9. The first kappa shape index (κ1) is 26.0. The van der Waals surface area contributed by atoms with Gasteiger partial charge in [0.15, 0.2) is 5.84 Å². The van der Waals surface area contributed by atoms with E-state index in [1.807, 2.05) is 0 Å². The largest absolute Gasteiger partial charge is 0.387 e. The summed E-state index contributed by atoms with van der Waals surface area (Å²) in [7, 11) is 0. The second-order valence-corrected chi connectivity index (χ2v) is 12.8. The predicted molar refractivity (Wildman–Crippen MR) is 195 cm³/mol. The lowest BCUT2D eigenvalue weighted by Gasteiger charge is -2.18.